The van der Waals surface area contributed by atoms with Crippen molar-refractivity contribution in [1.29, 1.82) is 0 Å². The van der Waals surface area contributed by atoms with Crippen LogP contribution in [0.4, 0.5) is 0 Å². The molecule has 3 aromatic rings. The van der Waals surface area contributed by atoms with Crippen molar-refractivity contribution in [3.8, 4) is 11.4 Å². The van der Waals surface area contributed by atoms with E-state index in [9.17, 15) is 9.90 Å². The molecule has 0 aliphatic heterocycles. The summed E-state index contributed by atoms with van der Waals surface area (Å²) in [5, 5.41) is 19.2. The van der Waals surface area contributed by atoms with Gasteiger partial charge in [-0.25, -0.2) is 0 Å². The SMILES string of the molecule is CCCCCC(CCOC(=O)CCc1ccc(O)c(-n2nc3ccccc3n2)c1)C(C)(C)C. The number of carbonyl (C=O) groups is 1. The average Bonchev–Trinajstić information content (AvgIpc) is 3.21. The van der Waals surface area contributed by atoms with Gasteiger partial charge >= 0.3 is 5.97 Å². The molecule has 0 radical (unpaired) electrons. The van der Waals surface area contributed by atoms with Crippen LogP contribution in [-0.2, 0) is 16.0 Å². The summed E-state index contributed by atoms with van der Waals surface area (Å²) in [6.45, 7) is 9.50. The molecule has 0 amide bonds. The van der Waals surface area contributed by atoms with Gasteiger partial charge in [0.05, 0.1) is 6.61 Å². The molecule has 0 spiro atoms. The standard InChI is InChI=1S/C27H37N3O3/c1-5-6-7-10-21(27(2,3)4)17-18-33-26(32)16-14-20-13-15-25(31)24(19-20)30-28-22-11-8-9-12-23(22)29-30/h8-9,11-13,15,19,21,31H,5-7,10,14,16-18H2,1-4H3. The van der Waals surface area contributed by atoms with E-state index in [1.54, 1.807) is 6.07 Å². The Balaban J connectivity index is 1.53. The minimum Gasteiger partial charge on any atom is -0.506 e. The van der Waals surface area contributed by atoms with Crippen LogP contribution >= 0.6 is 0 Å². The maximum Gasteiger partial charge on any atom is 0.306 e. The van der Waals surface area contributed by atoms with Crippen molar-refractivity contribution in [2.24, 2.45) is 11.3 Å². The molecule has 1 aromatic heterocycles. The number of hydrogen-bond acceptors (Lipinski definition) is 5. The third-order valence-corrected chi connectivity index (χ3v) is 6.27. The van der Waals surface area contributed by atoms with Gasteiger partial charge in [-0.3, -0.25) is 4.79 Å². The van der Waals surface area contributed by atoms with E-state index in [1.807, 2.05) is 36.4 Å². The molecule has 1 heterocycles. The Hall–Kier alpha value is -2.89. The minimum absolute atomic E-state index is 0.0953. The molecule has 2 aromatic carbocycles. The summed E-state index contributed by atoms with van der Waals surface area (Å²) >= 11 is 0. The van der Waals surface area contributed by atoms with Gasteiger partial charge in [-0.1, -0.05) is 65.2 Å². The number of aromatic hydroxyl groups is 1. The number of ether oxygens (including phenoxy) is 1. The van der Waals surface area contributed by atoms with E-state index in [1.165, 1.54) is 30.5 Å². The van der Waals surface area contributed by atoms with Crippen molar-refractivity contribution in [3.63, 3.8) is 0 Å². The van der Waals surface area contributed by atoms with Gasteiger partial charge in [0.15, 0.2) is 0 Å². The number of phenols is 1. The second-order valence-corrected chi connectivity index (χ2v) is 9.87. The molecule has 1 N–H and O–H groups in total. The zero-order valence-electron chi connectivity index (χ0n) is 20.4. The molecular weight excluding hydrogens is 414 g/mol. The summed E-state index contributed by atoms with van der Waals surface area (Å²) in [4.78, 5) is 13.8. The van der Waals surface area contributed by atoms with Crippen molar-refractivity contribution in [1.82, 2.24) is 15.0 Å². The van der Waals surface area contributed by atoms with Gasteiger partial charge in [-0.2, -0.15) is 0 Å². The Morgan fingerprint density at radius 1 is 1.06 bits per heavy atom. The number of benzene rings is 2. The topological polar surface area (TPSA) is 77.2 Å². The third-order valence-electron chi connectivity index (χ3n) is 6.27. The Bertz CT molecular complexity index is 1020. The van der Waals surface area contributed by atoms with Crippen molar-refractivity contribution < 1.29 is 14.6 Å². The number of aryl methyl sites for hydroxylation is 1. The maximum absolute atomic E-state index is 12.3. The summed E-state index contributed by atoms with van der Waals surface area (Å²) in [6.07, 6.45) is 6.63. The van der Waals surface area contributed by atoms with Gasteiger partial charge in [-0.05, 0) is 60.4 Å². The number of fused-ring (bicyclic) bond motifs is 1. The number of phenolic OH excluding ortho intramolecular Hbond substituents is 1. The van der Waals surface area contributed by atoms with Crippen molar-refractivity contribution in [2.75, 3.05) is 6.61 Å². The molecule has 0 saturated carbocycles. The van der Waals surface area contributed by atoms with Crippen molar-refractivity contribution in [2.45, 2.75) is 72.6 Å². The quantitative estimate of drug-likeness (QED) is 0.276. The lowest BCUT2D eigenvalue weighted by molar-refractivity contribution is -0.144. The fourth-order valence-corrected chi connectivity index (χ4v) is 4.14. The summed E-state index contributed by atoms with van der Waals surface area (Å²) in [5.74, 6) is 0.459. The Morgan fingerprint density at radius 2 is 1.76 bits per heavy atom. The summed E-state index contributed by atoms with van der Waals surface area (Å²) < 4.78 is 5.56. The van der Waals surface area contributed by atoms with Crippen LogP contribution < -0.4 is 0 Å². The van der Waals surface area contributed by atoms with E-state index in [2.05, 4.69) is 37.9 Å². The van der Waals surface area contributed by atoms with Crippen LogP contribution in [0.5, 0.6) is 5.75 Å². The first-order valence-electron chi connectivity index (χ1n) is 12.1. The molecule has 6 heteroatoms. The van der Waals surface area contributed by atoms with Gasteiger partial charge in [-0.15, -0.1) is 15.0 Å². The van der Waals surface area contributed by atoms with Gasteiger partial charge in [0, 0.05) is 6.42 Å². The first-order valence-corrected chi connectivity index (χ1v) is 12.1. The lowest BCUT2D eigenvalue weighted by Crippen LogP contribution is -2.23. The molecule has 33 heavy (non-hydrogen) atoms. The molecule has 178 valence electrons. The second-order valence-electron chi connectivity index (χ2n) is 9.87. The molecule has 0 aliphatic carbocycles. The van der Waals surface area contributed by atoms with Gasteiger partial charge in [0.25, 0.3) is 0 Å². The highest BCUT2D eigenvalue weighted by Gasteiger charge is 2.24. The predicted octanol–water partition coefficient (Wildman–Crippen LogP) is 6.23. The Labute approximate surface area is 197 Å². The average molecular weight is 452 g/mol. The van der Waals surface area contributed by atoms with Crippen LogP contribution in [0.3, 0.4) is 0 Å². The molecule has 0 fully saturated rings. The van der Waals surface area contributed by atoms with Crippen LogP contribution in [0.15, 0.2) is 42.5 Å². The van der Waals surface area contributed by atoms with Crippen LogP contribution in [0, 0.1) is 11.3 Å². The molecule has 1 atom stereocenters. The first-order chi connectivity index (χ1) is 15.8. The van der Waals surface area contributed by atoms with Crippen molar-refractivity contribution in [3.05, 3.63) is 48.0 Å². The number of rotatable bonds is 11. The van der Waals surface area contributed by atoms with Crippen LogP contribution in [0.25, 0.3) is 16.7 Å². The molecule has 0 bridgehead atoms. The molecule has 0 aliphatic rings. The fraction of sp³-hybridized carbons (Fsp3) is 0.519. The van der Waals surface area contributed by atoms with Crippen LogP contribution in [0.2, 0.25) is 0 Å². The first kappa shape index (κ1) is 24.7. The molecular formula is C27H37N3O3. The fourth-order valence-electron chi connectivity index (χ4n) is 4.14. The number of nitrogens with zero attached hydrogens (tertiary/aromatic N) is 3. The number of hydrogen-bond donors (Lipinski definition) is 1. The smallest absolute Gasteiger partial charge is 0.306 e. The molecule has 1 unspecified atom stereocenters. The molecule has 3 rings (SSSR count). The summed E-state index contributed by atoms with van der Waals surface area (Å²) in [5.41, 5.74) is 3.15. The van der Waals surface area contributed by atoms with Crippen LogP contribution in [0.1, 0.15) is 71.8 Å². The lowest BCUT2D eigenvalue weighted by Gasteiger charge is -2.30. The predicted molar refractivity (Wildman–Crippen MR) is 132 cm³/mol. The largest absolute Gasteiger partial charge is 0.506 e. The third kappa shape index (κ3) is 7.04. The Morgan fingerprint density at radius 3 is 2.39 bits per heavy atom. The number of aromatic nitrogens is 3. The molecule has 6 nitrogen and oxygen atoms in total. The normalized spacial score (nSPS) is 12.7. The summed E-state index contributed by atoms with van der Waals surface area (Å²) in [7, 11) is 0. The minimum atomic E-state index is -0.186. The van der Waals surface area contributed by atoms with E-state index < -0.39 is 0 Å². The number of esters is 1. The van der Waals surface area contributed by atoms with E-state index in [-0.39, 0.29) is 17.1 Å². The van der Waals surface area contributed by atoms with Gasteiger partial charge in [0.1, 0.15) is 22.5 Å². The highest BCUT2D eigenvalue weighted by molar-refractivity contribution is 5.73. The maximum atomic E-state index is 12.3. The van der Waals surface area contributed by atoms with Gasteiger partial charge < -0.3 is 9.84 Å². The number of carbonyl (C=O) groups excluding carboxylic acids is 1. The van der Waals surface area contributed by atoms with E-state index in [0.717, 1.165) is 23.0 Å². The van der Waals surface area contributed by atoms with E-state index >= 15 is 0 Å². The highest BCUT2D eigenvalue weighted by Crippen LogP contribution is 2.33. The monoisotopic (exact) mass is 451 g/mol. The van der Waals surface area contributed by atoms with E-state index in [0.29, 0.717) is 31.1 Å². The van der Waals surface area contributed by atoms with Crippen LogP contribution in [-0.4, -0.2) is 32.7 Å². The lowest BCUT2D eigenvalue weighted by atomic mass is 9.76. The molecule has 0 saturated heterocycles. The van der Waals surface area contributed by atoms with E-state index in [4.69, 9.17) is 4.74 Å². The van der Waals surface area contributed by atoms with Crippen molar-refractivity contribution >= 4 is 17.0 Å². The zero-order chi connectivity index (χ0) is 23.8. The van der Waals surface area contributed by atoms with Gasteiger partial charge in [0.2, 0.25) is 0 Å². The summed E-state index contributed by atoms with van der Waals surface area (Å²) in [6, 6.07) is 12.8. The Kier molecular flexibility index (Phi) is 8.48. The second kappa shape index (κ2) is 11.3. The number of unbranched alkanes of at least 4 members (excludes halogenated alkanes) is 2. The zero-order valence-corrected chi connectivity index (χ0v) is 20.4. The highest BCUT2D eigenvalue weighted by atomic mass is 16.5.